The Morgan fingerprint density at radius 2 is 2.06 bits per heavy atom. The number of sulfone groups is 1. The van der Waals surface area contributed by atoms with E-state index in [9.17, 15) is 13.2 Å². The van der Waals surface area contributed by atoms with E-state index in [1.807, 2.05) is 0 Å². The Morgan fingerprint density at radius 1 is 1.33 bits per heavy atom. The molecule has 18 heavy (non-hydrogen) atoms. The van der Waals surface area contributed by atoms with Crippen LogP contribution < -0.4 is 10.6 Å². The van der Waals surface area contributed by atoms with Crippen LogP contribution in [0.4, 0.5) is 0 Å². The summed E-state index contributed by atoms with van der Waals surface area (Å²) in [5, 5.41) is 5.11. The average molecular weight is 271 g/mol. The molecule has 2 unspecified atom stereocenters. The minimum Gasteiger partial charge on any atom is -0.341 e. The first-order valence-electron chi connectivity index (χ1n) is 6.28. The standard InChI is InChI=1S/C11H17N3O3S/c1-18(16,17)8-3-2-6-11(8)9(15)13-10(14-11)12-7-4-5-7/h7-8H,2-6H2,1H3,(H2,12,13,14,15). The van der Waals surface area contributed by atoms with Crippen molar-refractivity contribution in [1.82, 2.24) is 10.6 Å². The van der Waals surface area contributed by atoms with Crippen LogP contribution in [0.15, 0.2) is 4.99 Å². The lowest BCUT2D eigenvalue weighted by Gasteiger charge is -2.26. The normalized spacial score (nSPS) is 38.2. The molecule has 0 aromatic rings. The van der Waals surface area contributed by atoms with Gasteiger partial charge in [0.25, 0.3) is 5.91 Å². The Balaban J connectivity index is 1.92. The highest BCUT2D eigenvalue weighted by atomic mass is 32.2. The predicted molar refractivity (Wildman–Crippen MR) is 66.9 cm³/mol. The van der Waals surface area contributed by atoms with Crippen molar-refractivity contribution >= 4 is 21.7 Å². The van der Waals surface area contributed by atoms with Crippen molar-refractivity contribution in [2.45, 2.75) is 48.9 Å². The zero-order chi connectivity index (χ0) is 13.0. The number of carbonyl (C=O) groups is 1. The molecule has 0 bridgehead atoms. The Kier molecular flexibility index (Phi) is 2.45. The maximum atomic E-state index is 12.1. The molecule has 1 saturated heterocycles. The zero-order valence-electron chi connectivity index (χ0n) is 10.3. The van der Waals surface area contributed by atoms with Gasteiger partial charge in [-0.25, -0.2) is 13.4 Å². The van der Waals surface area contributed by atoms with Gasteiger partial charge >= 0.3 is 0 Å². The van der Waals surface area contributed by atoms with E-state index in [2.05, 4.69) is 15.6 Å². The summed E-state index contributed by atoms with van der Waals surface area (Å²) in [6, 6.07) is 0.293. The van der Waals surface area contributed by atoms with E-state index >= 15 is 0 Å². The van der Waals surface area contributed by atoms with Gasteiger partial charge in [0.15, 0.2) is 15.8 Å². The van der Waals surface area contributed by atoms with E-state index in [0.29, 0.717) is 24.8 Å². The van der Waals surface area contributed by atoms with Gasteiger partial charge in [-0.05, 0) is 32.1 Å². The largest absolute Gasteiger partial charge is 0.341 e. The van der Waals surface area contributed by atoms with Gasteiger partial charge < -0.3 is 5.32 Å². The van der Waals surface area contributed by atoms with E-state index in [1.54, 1.807) is 0 Å². The smallest absolute Gasteiger partial charge is 0.253 e. The molecule has 1 spiro atoms. The third-order valence-corrected chi connectivity index (χ3v) is 5.61. The zero-order valence-corrected chi connectivity index (χ0v) is 11.1. The molecular weight excluding hydrogens is 254 g/mol. The highest BCUT2D eigenvalue weighted by Gasteiger charge is 2.57. The van der Waals surface area contributed by atoms with Gasteiger partial charge in [-0.15, -0.1) is 0 Å². The topological polar surface area (TPSA) is 87.6 Å². The molecule has 2 aliphatic carbocycles. The number of hydrogen-bond donors (Lipinski definition) is 2. The molecular formula is C11H17N3O3S. The Hall–Kier alpha value is -1.11. The van der Waals surface area contributed by atoms with Crippen LogP contribution in [0, 0.1) is 0 Å². The van der Waals surface area contributed by atoms with Crippen LogP contribution in [0.1, 0.15) is 32.1 Å². The monoisotopic (exact) mass is 271 g/mol. The lowest BCUT2D eigenvalue weighted by molar-refractivity contribution is -0.123. The van der Waals surface area contributed by atoms with Gasteiger partial charge in [0.1, 0.15) is 5.54 Å². The average Bonchev–Trinajstić information content (AvgIpc) is 2.86. The van der Waals surface area contributed by atoms with Crippen molar-refractivity contribution in [2.75, 3.05) is 6.26 Å². The molecule has 1 aliphatic heterocycles. The lowest BCUT2D eigenvalue weighted by Crippen LogP contribution is -2.55. The van der Waals surface area contributed by atoms with Crippen LogP contribution in [-0.4, -0.2) is 43.4 Å². The maximum absolute atomic E-state index is 12.1. The molecule has 0 aromatic carbocycles. The number of rotatable bonds is 2. The third-order valence-electron chi connectivity index (χ3n) is 3.94. The predicted octanol–water partition coefficient (Wildman–Crippen LogP) is -0.440. The summed E-state index contributed by atoms with van der Waals surface area (Å²) in [5.74, 6) is 0.216. The fourth-order valence-corrected chi connectivity index (χ4v) is 4.53. The number of hydrogen-bond acceptors (Lipinski definition) is 4. The summed E-state index contributed by atoms with van der Waals surface area (Å²) in [6.07, 6.45) is 5.13. The molecule has 1 amide bonds. The number of carbonyl (C=O) groups excluding carboxylic acids is 1. The number of aliphatic imine (C=N–C) groups is 1. The van der Waals surface area contributed by atoms with Crippen molar-refractivity contribution in [2.24, 2.45) is 4.99 Å². The van der Waals surface area contributed by atoms with Crippen molar-refractivity contribution < 1.29 is 13.2 Å². The quantitative estimate of drug-likeness (QED) is 0.713. The van der Waals surface area contributed by atoms with Crippen molar-refractivity contribution in [3.63, 3.8) is 0 Å². The molecule has 6 nitrogen and oxygen atoms in total. The highest BCUT2D eigenvalue weighted by molar-refractivity contribution is 7.91. The molecule has 2 saturated carbocycles. The molecule has 1 heterocycles. The molecule has 3 rings (SSSR count). The Bertz CT molecular complexity index is 524. The van der Waals surface area contributed by atoms with E-state index in [0.717, 1.165) is 19.3 Å². The van der Waals surface area contributed by atoms with Crippen LogP contribution >= 0.6 is 0 Å². The molecule has 0 aromatic heterocycles. The van der Waals surface area contributed by atoms with Crippen LogP contribution in [0.3, 0.4) is 0 Å². The third kappa shape index (κ3) is 1.81. The lowest BCUT2D eigenvalue weighted by atomic mass is 9.98. The summed E-state index contributed by atoms with van der Waals surface area (Å²) in [4.78, 5) is 16.5. The fourth-order valence-electron chi connectivity index (χ4n) is 2.93. The van der Waals surface area contributed by atoms with Gasteiger partial charge in [0.2, 0.25) is 0 Å². The molecule has 3 fully saturated rings. The van der Waals surface area contributed by atoms with Crippen LogP contribution in [-0.2, 0) is 14.6 Å². The van der Waals surface area contributed by atoms with Crippen LogP contribution in [0.2, 0.25) is 0 Å². The van der Waals surface area contributed by atoms with Gasteiger partial charge in [-0.1, -0.05) is 0 Å². The number of guanidine groups is 1. The molecule has 7 heteroatoms. The first-order valence-corrected chi connectivity index (χ1v) is 8.23. The van der Waals surface area contributed by atoms with Crippen molar-refractivity contribution in [1.29, 1.82) is 0 Å². The second-order valence-corrected chi connectivity index (χ2v) is 7.70. The molecule has 0 radical (unpaired) electrons. The van der Waals surface area contributed by atoms with E-state index in [-0.39, 0.29) is 5.91 Å². The second-order valence-electron chi connectivity index (χ2n) is 5.47. The van der Waals surface area contributed by atoms with E-state index in [4.69, 9.17) is 0 Å². The maximum Gasteiger partial charge on any atom is 0.253 e. The minimum absolute atomic E-state index is 0.241. The highest BCUT2D eigenvalue weighted by Crippen LogP contribution is 2.37. The van der Waals surface area contributed by atoms with Crippen LogP contribution in [0.5, 0.6) is 0 Å². The summed E-state index contributed by atoms with van der Waals surface area (Å²) in [5.41, 5.74) is -0.985. The van der Waals surface area contributed by atoms with Crippen molar-refractivity contribution in [3.8, 4) is 0 Å². The van der Waals surface area contributed by atoms with Gasteiger partial charge in [-0.3, -0.25) is 10.1 Å². The molecule has 2 atom stereocenters. The SMILES string of the molecule is CS(=O)(=O)C1CCCC12NC(=NC1CC1)NC2=O. The number of amides is 1. The van der Waals surface area contributed by atoms with E-state index in [1.165, 1.54) is 6.26 Å². The van der Waals surface area contributed by atoms with Gasteiger partial charge in [0, 0.05) is 6.26 Å². The van der Waals surface area contributed by atoms with Gasteiger partial charge in [-0.2, -0.15) is 0 Å². The Labute approximate surface area is 106 Å². The summed E-state index contributed by atoms with van der Waals surface area (Å²) >= 11 is 0. The first-order chi connectivity index (χ1) is 8.42. The van der Waals surface area contributed by atoms with Gasteiger partial charge in [0.05, 0.1) is 11.3 Å². The van der Waals surface area contributed by atoms with E-state index < -0.39 is 20.6 Å². The Morgan fingerprint density at radius 3 is 2.67 bits per heavy atom. The van der Waals surface area contributed by atoms with Crippen molar-refractivity contribution in [3.05, 3.63) is 0 Å². The summed E-state index contributed by atoms with van der Waals surface area (Å²) < 4.78 is 23.6. The number of nitrogens with one attached hydrogen (secondary N) is 2. The summed E-state index contributed by atoms with van der Waals surface area (Å²) in [7, 11) is -3.24. The fraction of sp³-hybridized carbons (Fsp3) is 0.818. The molecule has 3 aliphatic rings. The van der Waals surface area contributed by atoms with Crippen LogP contribution in [0.25, 0.3) is 0 Å². The summed E-state index contributed by atoms with van der Waals surface area (Å²) in [6.45, 7) is 0. The molecule has 100 valence electrons. The second kappa shape index (κ2) is 3.69. The minimum atomic E-state index is -3.24. The number of nitrogens with zero attached hydrogens (tertiary/aromatic N) is 1. The first kappa shape index (κ1) is 12.0. The molecule has 2 N–H and O–H groups in total.